The van der Waals surface area contributed by atoms with Crippen LogP contribution in [0.2, 0.25) is 0 Å². The van der Waals surface area contributed by atoms with E-state index in [4.69, 9.17) is 4.74 Å². The molecule has 0 amide bonds. The molecule has 0 aromatic heterocycles. The first-order valence-corrected chi connectivity index (χ1v) is 10.3. The smallest absolute Gasteiger partial charge is 0.191 e. The fraction of sp³-hybridized carbons (Fsp3) is 0.941. The number of ether oxygens (including phenoxy) is 1. The Morgan fingerprint density at radius 3 is 2.48 bits per heavy atom. The fourth-order valence-electron chi connectivity index (χ4n) is 2.58. The summed E-state index contributed by atoms with van der Waals surface area (Å²) in [6.45, 7) is 13.5. The van der Waals surface area contributed by atoms with E-state index in [9.17, 15) is 4.21 Å². The Labute approximate surface area is 173 Å². The van der Waals surface area contributed by atoms with Gasteiger partial charge in [0.2, 0.25) is 0 Å². The maximum Gasteiger partial charge on any atom is 0.191 e. The fourth-order valence-corrected chi connectivity index (χ4v) is 3.45. The molecule has 0 aromatic rings. The Morgan fingerprint density at radius 1 is 1.32 bits per heavy atom. The lowest BCUT2D eigenvalue weighted by atomic mass is 10.1. The summed E-state index contributed by atoms with van der Waals surface area (Å²) in [4.78, 5) is 7.04. The number of guanidine groups is 1. The number of nitrogens with zero attached hydrogens (tertiary/aromatic N) is 2. The average molecular weight is 488 g/mol. The molecule has 2 N–H and O–H groups in total. The Morgan fingerprint density at radius 2 is 1.96 bits per heavy atom. The van der Waals surface area contributed by atoms with Gasteiger partial charge >= 0.3 is 0 Å². The van der Waals surface area contributed by atoms with Crippen molar-refractivity contribution in [1.29, 1.82) is 0 Å². The molecule has 0 bridgehead atoms. The molecular formula is C17H37IN4O2S. The van der Waals surface area contributed by atoms with E-state index in [0.717, 1.165) is 51.6 Å². The number of aliphatic imine (C=N–C) groups is 1. The minimum absolute atomic E-state index is 0. The van der Waals surface area contributed by atoms with Gasteiger partial charge in [0.15, 0.2) is 5.96 Å². The molecule has 0 aliphatic carbocycles. The van der Waals surface area contributed by atoms with Crippen molar-refractivity contribution < 1.29 is 8.95 Å². The van der Waals surface area contributed by atoms with Crippen LogP contribution in [0.4, 0.5) is 0 Å². The van der Waals surface area contributed by atoms with Crippen LogP contribution >= 0.6 is 24.0 Å². The van der Waals surface area contributed by atoms with Crippen molar-refractivity contribution in [3.05, 3.63) is 0 Å². The van der Waals surface area contributed by atoms with E-state index in [1.54, 1.807) is 7.11 Å². The van der Waals surface area contributed by atoms with E-state index in [1.807, 2.05) is 20.8 Å². The first-order valence-electron chi connectivity index (χ1n) is 9.01. The third-order valence-corrected chi connectivity index (χ3v) is 6.03. The van der Waals surface area contributed by atoms with Gasteiger partial charge in [-0.05, 0) is 40.5 Å². The molecule has 1 heterocycles. The van der Waals surface area contributed by atoms with Crippen LogP contribution in [-0.2, 0) is 15.5 Å². The van der Waals surface area contributed by atoms with Gasteiger partial charge in [-0.15, -0.1) is 24.0 Å². The summed E-state index contributed by atoms with van der Waals surface area (Å²) in [5.74, 6) is 1.45. The van der Waals surface area contributed by atoms with Crippen molar-refractivity contribution in [3.8, 4) is 0 Å². The number of hydrogen-bond acceptors (Lipinski definition) is 4. The van der Waals surface area contributed by atoms with Crippen molar-refractivity contribution in [3.63, 3.8) is 0 Å². The Bertz CT molecular complexity index is 408. The monoisotopic (exact) mass is 488 g/mol. The lowest BCUT2D eigenvalue weighted by Gasteiger charge is -2.32. The van der Waals surface area contributed by atoms with E-state index >= 15 is 0 Å². The van der Waals surface area contributed by atoms with Crippen LogP contribution in [-0.4, -0.2) is 78.1 Å². The second kappa shape index (κ2) is 13.3. The van der Waals surface area contributed by atoms with Crippen LogP contribution in [0.5, 0.6) is 0 Å². The molecule has 1 fully saturated rings. The summed E-state index contributed by atoms with van der Waals surface area (Å²) in [7, 11) is 0.896. The number of methoxy groups -OCH3 is 1. The summed E-state index contributed by atoms with van der Waals surface area (Å²) in [5.41, 5.74) is 0. The molecule has 1 aliphatic heterocycles. The predicted molar refractivity (Wildman–Crippen MR) is 119 cm³/mol. The molecule has 1 unspecified atom stereocenters. The van der Waals surface area contributed by atoms with Crippen LogP contribution in [0.15, 0.2) is 4.99 Å². The highest BCUT2D eigenvalue weighted by Crippen LogP contribution is 2.11. The molecule has 25 heavy (non-hydrogen) atoms. The van der Waals surface area contributed by atoms with Gasteiger partial charge in [0.05, 0.1) is 13.2 Å². The summed E-state index contributed by atoms with van der Waals surface area (Å²) >= 11 is 0. The van der Waals surface area contributed by atoms with Gasteiger partial charge in [-0.3, -0.25) is 9.20 Å². The van der Waals surface area contributed by atoms with E-state index < -0.39 is 10.8 Å². The number of piperidine rings is 1. The zero-order valence-corrected chi connectivity index (χ0v) is 19.6. The third kappa shape index (κ3) is 10.7. The standard InChI is InChI=1S/C17H36N4O2S.HI/c1-6-18-16(19-9-14-24(22)17(2,3)4)20-15-7-10-21(11-8-15)12-13-23-5;/h15H,6-14H2,1-5H3,(H2,18,19,20);1H. The number of nitrogens with one attached hydrogen (secondary N) is 2. The number of halogens is 1. The van der Waals surface area contributed by atoms with E-state index in [-0.39, 0.29) is 28.7 Å². The second-order valence-corrected chi connectivity index (χ2v) is 9.50. The average Bonchev–Trinajstić information content (AvgIpc) is 2.53. The van der Waals surface area contributed by atoms with Crippen molar-refractivity contribution >= 4 is 40.7 Å². The highest BCUT2D eigenvalue weighted by Gasteiger charge is 2.20. The Balaban J connectivity index is 0.00000576. The zero-order valence-electron chi connectivity index (χ0n) is 16.5. The zero-order chi connectivity index (χ0) is 18.0. The molecule has 6 nitrogen and oxygen atoms in total. The number of rotatable bonds is 8. The van der Waals surface area contributed by atoms with Gasteiger partial charge in [-0.25, -0.2) is 0 Å². The first-order chi connectivity index (χ1) is 11.4. The molecule has 1 atom stereocenters. The van der Waals surface area contributed by atoms with Gasteiger partial charge in [0.25, 0.3) is 0 Å². The normalized spacial score (nSPS) is 18.5. The minimum atomic E-state index is -0.854. The van der Waals surface area contributed by atoms with Crippen molar-refractivity contribution in [2.45, 2.75) is 51.3 Å². The summed E-state index contributed by atoms with van der Waals surface area (Å²) in [6.07, 6.45) is 2.23. The van der Waals surface area contributed by atoms with Crippen molar-refractivity contribution in [2.24, 2.45) is 4.99 Å². The molecule has 150 valence electrons. The van der Waals surface area contributed by atoms with Crippen molar-refractivity contribution in [1.82, 2.24) is 15.5 Å². The quantitative estimate of drug-likeness (QED) is 0.310. The van der Waals surface area contributed by atoms with Gasteiger partial charge in [0, 0.05) is 60.6 Å². The van der Waals surface area contributed by atoms with Gasteiger partial charge in [0.1, 0.15) is 0 Å². The molecule has 1 aliphatic rings. The molecule has 8 heteroatoms. The van der Waals surface area contributed by atoms with Gasteiger partial charge in [-0.2, -0.15) is 0 Å². The van der Waals surface area contributed by atoms with E-state index in [0.29, 0.717) is 18.3 Å². The van der Waals surface area contributed by atoms with Gasteiger partial charge < -0.3 is 20.3 Å². The minimum Gasteiger partial charge on any atom is -0.383 e. The van der Waals surface area contributed by atoms with Crippen LogP contribution in [0.25, 0.3) is 0 Å². The molecule has 0 radical (unpaired) electrons. The largest absolute Gasteiger partial charge is 0.383 e. The van der Waals surface area contributed by atoms with Crippen LogP contribution in [0.3, 0.4) is 0 Å². The van der Waals surface area contributed by atoms with Crippen LogP contribution in [0, 0.1) is 0 Å². The summed E-state index contributed by atoms with van der Waals surface area (Å²) in [5, 5.41) is 6.82. The SMILES string of the molecule is CCNC(=NCCS(=O)C(C)(C)C)NC1CCN(CCOC)CC1.I. The van der Waals surface area contributed by atoms with Gasteiger partial charge in [-0.1, -0.05) is 0 Å². The maximum atomic E-state index is 12.1. The molecular weight excluding hydrogens is 451 g/mol. The highest BCUT2D eigenvalue weighted by atomic mass is 127. The molecule has 1 rings (SSSR count). The Kier molecular flexibility index (Phi) is 13.3. The van der Waals surface area contributed by atoms with Crippen molar-refractivity contribution in [2.75, 3.05) is 52.2 Å². The van der Waals surface area contributed by atoms with Crippen LogP contribution in [0.1, 0.15) is 40.5 Å². The molecule has 0 spiro atoms. The first kappa shape index (κ1) is 25.1. The topological polar surface area (TPSA) is 66.0 Å². The lowest BCUT2D eigenvalue weighted by molar-refractivity contribution is 0.128. The second-order valence-electron chi connectivity index (χ2n) is 7.18. The third-order valence-electron chi connectivity index (χ3n) is 4.11. The number of hydrogen-bond donors (Lipinski definition) is 2. The molecule has 0 saturated carbocycles. The molecule has 1 saturated heterocycles. The lowest BCUT2D eigenvalue weighted by Crippen LogP contribution is -2.49. The van der Waals surface area contributed by atoms with Crippen LogP contribution < -0.4 is 10.6 Å². The predicted octanol–water partition coefficient (Wildman–Crippen LogP) is 1.82. The Hall–Kier alpha value is 0.0700. The summed E-state index contributed by atoms with van der Waals surface area (Å²) < 4.78 is 17.1. The van der Waals surface area contributed by atoms with E-state index in [2.05, 4.69) is 27.4 Å². The molecule has 0 aromatic carbocycles. The van der Waals surface area contributed by atoms with E-state index in [1.165, 1.54) is 0 Å². The number of likely N-dealkylation sites (tertiary alicyclic amines) is 1. The summed E-state index contributed by atoms with van der Waals surface area (Å²) in [6, 6.07) is 0.453. The highest BCUT2D eigenvalue weighted by molar-refractivity contribution is 14.0. The maximum absolute atomic E-state index is 12.1.